The normalized spacial score (nSPS) is 28.7. The van der Waals surface area contributed by atoms with E-state index >= 15 is 14.4 Å². The fraction of sp³-hybridized carbons (Fsp3) is 0.652. The number of aliphatic imine (C=N–C) groups is 1. The molecular formula is C69H106N18O18. The predicted molar refractivity (Wildman–Crippen MR) is 378 cm³/mol. The van der Waals surface area contributed by atoms with Gasteiger partial charge in [-0.1, -0.05) is 83.0 Å². The number of hydrogen-bond donors (Lipinski definition) is 17. The SMILES string of the molecule is CC[C@H](C)[C@@H]1NC(=O)[C@H](CO)NC(=O)[C@H](CCCCN)NC(=O)[C@H]([C@@H](C)O)NC(=O)[C@@H]2C/C=C\C[C@@H](NC(=O)[C@@H]([C@@H](C)CC)NC(=O)[C@@H]3CCCN3C(=O)[C@@H]3CCCN3C1=O)C(=O)N[C@@H](Cc1ccccc1)C(=O)N1CCC[C@H]1C(=O)N[C@@H](CC(=O)O)C(=O)NCC(=O)N[C@@H](CCCN=C(N)N)C(=O)N2. The number of amides is 14. The van der Waals surface area contributed by atoms with Gasteiger partial charge in [-0.15, -0.1) is 0 Å². The van der Waals surface area contributed by atoms with Crippen LogP contribution < -0.4 is 75.7 Å². The molecule has 2 bridgehead atoms. The minimum atomic E-state index is -1.95. The first-order valence-electron chi connectivity index (χ1n) is 36.2. The number of rotatable bonds is 18. The molecular weight excluding hydrogens is 1370 g/mol. The number of hydrogen-bond acceptors (Lipinski definition) is 19. The van der Waals surface area contributed by atoms with Gasteiger partial charge in [0.25, 0.3) is 0 Å². The van der Waals surface area contributed by atoms with Gasteiger partial charge in [-0.2, -0.15) is 0 Å². The summed E-state index contributed by atoms with van der Waals surface area (Å²) >= 11 is 0. The van der Waals surface area contributed by atoms with E-state index in [2.05, 4.69) is 63.5 Å². The lowest BCUT2D eigenvalue weighted by Crippen LogP contribution is -2.62. The van der Waals surface area contributed by atoms with Gasteiger partial charge in [0, 0.05) is 32.6 Å². The second-order valence-electron chi connectivity index (χ2n) is 27.4. The number of carboxylic acid groups (broad SMARTS) is 1. The Balaban J connectivity index is 1.52. The predicted octanol–water partition coefficient (Wildman–Crippen LogP) is -5.35. The molecule has 3 fully saturated rings. The monoisotopic (exact) mass is 1470 g/mol. The van der Waals surface area contributed by atoms with E-state index in [1.54, 1.807) is 58.0 Å². The molecule has 5 aliphatic heterocycles. The summed E-state index contributed by atoms with van der Waals surface area (Å²) in [6.45, 7) is 6.19. The molecule has 14 amide bonds. The minimum absolute atomic E-state index is 0.0140. The van der Waals surface area contributed by atoms with Gasteiger partial charge in [0.1, 0.15) is 78.5 Å². The van der Waals surface area contributed by atoms with Crippen molar-refractivity contribution in [3.63, 3.8) is 0 Å². The van der Waals surface area contributed by atoms with Gasteiger partial charge in [0.05, 0.1) is 25.7 Å². The van der Waals surface area contributed by atoms with Crippen LogP contribution in [0.5, 0.6) is 0 Å². The molecule has 3 saturated heterocycles. The number of carbonyl (C=O) groups excluding carboxylic acids is 14. The zero-order valence-corrected chi connectivity index (χ0v) is 60.2. The smallest absolute Gasteiger partial charge is 0.305 e. The first-order chi connectivity index (χ1) is 50.0. The summed E-state index contributed by atoms with van der Waals surface area (Å²) < 4.78 is 0. The van der Waals surface area contributed by atoms with Crippen LogP contribution in [0.1, 0.15) is 143 Å². The van der Waals surface area contributed by atoms with Gasteiger partial charge in [-0.3, -0.25) is 76.9 Å². The maximum Gasteiger partial charge on any atom is 0.305 e. The second kappa shape index (κ2) is 41.0. The summed E-state index contributed by atoms with van der Waals surface area (Å²) in [6.07, 6.45) is 0.578. The van der Waals surface area contributed by atoms with Crippen LogP contribution in [0.2, 0.25) is 0 Å². The fourth-order valence-electron chi connectivity index (χ4n) is 13.2. The zero-order valence-electron chi connectivity index (χ0n) is 60.2. The molecule has 580 valence electrons. The topological polar surface area (TPSA) is 549 Å². The molecule has 0 aliphatic carbocycles. The zero-order chi connectivity index (χ0) is 77.2. The van der Waals surface area contributed by atoms with Crippen molar-refractivity contribution in [3.8, 4) is 0 Å². The van der Waals surface area contributed by atoms with E-state index in [-0.39, 0.29) is 103 Å². The van der Waals surface area contributed by atoms with Crippen LogP contribution in [0.25, 0.3) is 0 Å². The molecule has 20 N–H and O–H groups in total. The van der Waals surface area contributed by atoms with Gasteiger partial charge < -0.3 is 106 Å². The van der Waals surface area contributed by atoms with E-state index in [0.29, 0.717) is 31.2 Å². The van der Waals surface area contributed by atoms with Gasteiger partial charge >= 0.3 is 5.97 Å². The minimum Gasteiger partial charge on any atom is -0.481 e. The third-order valence-electron chi connectivity index (χ3n) is 19.6. The van der Waals surface area contributed by atoms with Gasteiger partial charge in [-0.05, 0) is 114 Å². The average Bonchev–Trinajstić information content (AvgIpc) is 1.68. The number of carbonyl (C=O) groups is 15. The highest BCUT2D eigenvalue weighted by molar-refractivity contribution is 6.01. The quantitative estimate of drug-likeness (QED) is 0.0282. The second-order valence-corrected chi connectivity index (χ2v) is 27.4. The lowest BCUT2D eigenvalue weighted by Gasteiger charge is -2.35. The van der Waals surface area contributed by atoms with Crippen LogP contribution in [0.3, 0.4) is 0 Å². The average molecular weight is 1480 g/mol. The number of aliphatic hydroxyl groups is 2. The molecule has 16 atom stereocenters. The number of unbranched alkanes of at least 4 members (excludes halogenated alkanes) is 1. The molecule has 0 radical (unpaired) electrons. The van der Waals surface area contributed by atoms with E-state index in [4.69, 9.17) is 17.2 Å². The van der Waals surface area contributed by atoms with E-state index in [0.717, 1.165) is 6.92 Å². The van der Waals surface area contributed by atoms with Crippen LogP contribution >= 0.6 is 0 Å². The number of benzene rings is 1. The van der Waals surface area contributed by atoms with E-state index < -0.39 is 218 Å². The van der Waals surface area contributed by atoms with Crippen LogP contribution in [0.15, 0.2) is 47.5 Å². The van der Waals surface area contributed by atoms with Crippen LogP contribution in [-0.2, 0) is 78.3 Å². The fourth-order valence-corrected chi connectivity index (χ4v) is 13.2. The number of nitrogens with one attached hydrogen (secondary N) is 11. The van der Waals surface area contributed by atoms with Crippen LogP contribution in [0.4, 0.5) is 0 Å². The number of nitrogens with zero attached hydrogens (tertiary/aromatic N) is 4. The van der Waals surface area contributed by atoms with Crippen LogP contribution in [0, 0.1) is 11.8 Å². The molecule has 0 aromatic heterocycles. The maximum atomic E-state index is 15.3. The van der Waals surface area contributed by atoms with E-state index in [9.17, 15) is 72.9 Å². The van der Waals surface area contributed by atoms with Crippen molar-refractivity contribution in [2.24, 2.45) is 34.0 Å². The molecule has 6 rings (SSSR count). The molecule has 5 heterocycles. The molecule has 36 heteroatoms. The van der Waals surface area contributed by atoms with Gasteiger partial charge in [0.15, 0.2) is 5.96 Å². The molecule has 36 nitrogen and oxygen atoms in total. The van der Waals surface area contributed by atoms with Crippen molar-refractivity contribution in [3.05, 3.63) is 48.0 Å². The summed E-state index contributed by atoms with van der Waals surface area (Å²) in [6, 6.07) is -11.6. The Bertz CT molecular complexity index is 3340. The third-order valence-corrected chi connectivity index (χ3v) is 19.6. The largest absolute Gasteiger partial charge is 0.481 e. The number of carboxylic acids is 1. The third kappa shape index (κ3) is 24.1. The standard InChI is InChI=1S/C69H106N18O18/c1-6-37(3)53-64(101)77-42-21-11-12-22-44(76-57(94)41(24-15-29-73-69(71)72)75-51(90)35-74-56(93)45(34-52(91)92)79-62(99)48-25-16-30-85(48)66(103)46(80-58(42)95)33-40-19-9-8-10-20-40)60(97)84-55(39(5)89)65(102)78-43(23-13-14-28-70)59(96)81-47(36-88)61(98)83-54(38(4)7-2)68(105)87-32-18-27-50(87)67(104)86-31-17-26-49(86)63(100)82-53/h8-12,19-20,37-39,41-50,53-55,88-89H,6-7,13-18,21-36,70H2,1-5H3,(H,74,93)(H,75,90)(H,76,94)(H,77,101)(H,78,102)(H,79,99)(H,80,95)(H,81,96)(H,82,100)(H,83,98)(H,84,97)(H,91,92)(H4,71,72,73)/b12-11-/t37-,38-,39+,41-,42+,43-,44-,45-,46-,47-,48-,49-,50-,53+,54-,55-/m0/s1. The Morgan fingerprint density at radius 2 is 1.00 bits per heavy atom. The van der Waals surface area contributed by atoms with Crippen molar-refractivity contribution in [2.45, 2.75) is 228 Å². The highest BCUT2D eigenvalue weighted by Gasteiger charge is 2.47. The lowest BCUT2D eigenvalue weighted by atomic mass is 9.96. The Hall–Kier alpha value is -9.84. The summed E-state index contributed by atoms with van der Waals surface area (Å²) in [7, 11) is 0. The highest BCUT2D eigenvalue weighted by Crippen LogP contribution is 2.28. The molecule has 5 aliphatic rings. The van der Waals surface area contributed by atoms with Crippen molar-refractivity contribution in [1.29, 1.82) is 0 Å². The maximum absolute atomic E-state index is 15.3. The summed E-state index contributed by atoms with van der Waals surface area (Å²) in [5.74, 6) is -16.5. The van der Waals surface area contributed by atoms with Crippen molar-refractivity contribution in [2.75, 3.05) is 45.9 Å². The molecule has 105 heavy (non-hydrogen) atoms. The van der Waals surface area contributed by atoms with Crippen molar-refractivity contribution < 1.29 is 87.2 Å². The number of fused-ring (bicyclic) bond motifs is 7. The first kappa shape index (κ1) is 84.1. The van der Waals surface area contributed by atoms with Gasteiger partial charge in [-0.25, -0.2) is 0 Å². The number of guanidine groups is 1. The van der Waals surface area contributed by atoms with Gasteiger partial charge in [0.2, 0.25) is 82.7 Å². The lowest BCUT2D eigenvalue weighted by molar-refractivity contribution is -0.149. The summed E-state index contributed by atoms with van der Waals surface area (Å²) in [5, 5.41) is 60.0. The summed E-state index contributed by atoms with van der Waals surface area (Å²) in [4.78, 5) is 225. The molecule has 1 aromatic rings. The van der Waals surface area contributed by atoms with Crippen molar-refractivity contribution in [1.82, 2.24) is 73.2 Å². The number of aliphatic hydroxyl groups excluding tert-OH is 2. The highest BCUT2D eigenvalue weighted by atomic mass is 16.4. The Kier molecular flexibility index (Phi) is 32.8. The number of nitrogens with two attached hydrogens (primary N) is 3. The summed E-state index contributed by atoms with van der Waals surface area (Å²) in [5.41, 5.74) is 17.5. The van der Waals surface area contributed by atoms with E-state index in [1.807, 2.05) is 0 Å². The Morgan fingerprint density at radius 1 is 0.524 bits per heavy atom. The first-order valence-corrected chi connectivity index (χ1v) is 36.2. The Labute approximate surface area is 609 Å². The molecule has 0 saturated carbocycles. The molecule has 0 spiro atoms. The van der Waals surface area contributed by atoms with Crippen LogP contribution in [-0.4, -0.2) is 255 Å². The van der Waals surface area contributed by atoms with E-state index in [1.165, 1.54) is 26.9 Å². The Morgan fingerprint density at radius 3 is 1.58 bits per heavy atom. The molecule has 0 unspecified atom stereocenters. The molecule has 1 aromatic carbocycles. The number of aliphatic carboxylic acids is 1. The van der Waals surface area contributed by atoms with Crippen molar-refractivity contribution >= 4 is 94.6 Å².